The van der Waals surface area contributed by atoms with Crippen molar-refractivity contribution < 1.29 is 19.4 Å². The Morgan fingerprint density at radius 3 is 2.74 bits per heavy atom. The Balaban J connectivity index is 1.54. The van der Waals surface area contributed by atoms with Gasteiger partial charge in [-0.2, -0.15) is 0 Å². The van der Waals surface area contributed by atoms with Gasteiger partial charge in [-0.25, -0.2) is 0 Å². The topological polar surface area (TPSA) is 84.8 Å². The molecule has 1 saturated heterocycles. The molecule has 1 aromatic carbocycles. The minimum absolute atomic E-state index is 0.00766. The molecule has 0 aliphatic carbocycles. The third-order valence-electron chi connectivity index (χ3n) is 4.92. The predicted molar refractivity (Wildman–Crippen MR) is 99.7 cm³/mol. The summed E-state index contributed by atoms with van der Waals surface area (Å²) in [5.74, 6) is 1.36. The van der Waals surface area contributed by atoms with Crippen molar-refractivity contribution in [3.05, 3.63) is 48.0 Å². The first-order chi connectivity index (χ1) is 13.1. The molecule has 1 aromatic heterocycles. The molecule has 144 valence electrons. The maximum atomic E-state index is 12.6. The molecule has 2 unspecified atom stereocenters. The Morgan fingerprint density at radius 2 is 2.04 bits per heavy atom. The molecule has 7 nitrogen and oxygen atoms in total. The summed E-state index contributed by atoms with van der Waals surface area (Å²) in [7, 11) is 3.19. The zero-order valence-electron chi connectivity index (χ0n) is 15.7. The van der Waals surface area contributed by atoms with Crippen LogP contribution in [0, 0.1) is 5.92 Å². The summed E-state index contributed by atoms with van der Waals surface area (Å²) in [4.78, 5) is 22.6. The Labute approximate surface area is 159 Å². The van der Waals surface area contributed by atoms with Gasteiger partial charge in [-0.05, 0) is 30.5 Å². The number of nitrogens with zero attached hydrogens (tertiary/aromatic N) is 3. The van der Waals surface area contributed by atoms with E-state index < -0.39 is 6.10 Å². The Hall–Kier alpha value is -2.67. The van der Waals surface area contributed by atoms with Crippen LogP contribution in [0.5, 0.6) is 11.5 Å². The van der Waals surface area contributed by atoms with Crippen molar-refractivity contribution in [2.75, 3.05) is 27.3 Å². The van der Waals surface area contributed by atoms with Gasteiger partial charge in [-0.15, -0.1) is 0 Å². The molecule has 0 saturated carbocycles. The number of aliphatic hydroxyl groups is 1. The van der Waals surface area contributed by atoms with E-state index in [9.17, 15) is 9.90 Å². The summed E-state index contributed by atoms with van der Waals surface area (Å²) in [6.07, 6.45) is 6.06. The molecule has 1 aliphatic rings. The number of rotatable bonds is 7. The Morgan fingerprint density at radius 1 is 1.22 bits per heavy atom. The molecule has 1 amide bonds. The molecule has 1 N–H and O–H groups in total. The van der Waals surface area contributed by atoms with Gasteiger partial charge in [0.25, 0.3) is 0 Å². The average molecular weight is 371 g/mol. The number of amides is 1. The number of likely N-dealkylation sites (tertiary alicyclic amines) is 1. The molecule has 0 radical (unpaired) electrons. The highest BCUT2D eigenvalue weighted by Crippen LogP contribution is 2.28. The number of hydrogen-bond acceptors (Lipinski definition) is 6. The normalized spacial score (nSPS) is 19.1. The van der Waals surface area contributed by atoms with E-state index in [0.717, 1.165) is 11.3 Å². The summed E-state index contributed by atoms with van der Waals surface area (Å²) in [6, 6.07) is 5.67. The number of aryl methyl sites for hydroxylation is 1. The van der Waals surface area contributed by atoms with Gasteiger partial charge in [0.15, 0.2) is 11.5 Å². The van der Waals surface area contributed by atoms with E-state index in [1.54, 1.807) is 37.7 Å². The molecule has 1 fully saturated rings. The zero-order chi connectivity index (χ0) is 19.2. The van der Waals surface area contributed by atoms with Crippen LogP contribution in [0.1, 0.15) is 17.7 Å². The van der Waals surface area contributed by atoms with E-state index in [4.69, 9.17) is 9.47 Å². The summed E-state index contributed by atoms with van der Waals surface area (Å²) < 4.78 is 10.5. The minimum Gasteiger partial charge on any atom is -0.493 e. The van der Waals surface area contributed by atoms with E-state index >= 15 is 0 Å². The lowest BCUT2D eigenvalue weighted by Crippen LogP contribution is -2.29. The fourth-order valence-electron chi connectivity index (χ4n) is 3.41. The fourth-order valence-corrected chi connectivity index (χ4v) is 3.41. The standard InChI is InChI=1S/C20H25N3O4/c1-26-18-5-3-14(9-19(18)27-2)4-6-20(25)23-12-15(17(24)13-23)10-16-11-21-7-8-22-16/h3,5,7-9,11,15,17,24H,4,6,10,12-13H2,1-2H3. The van der Waals surface area contributed by atoms with Gasteiger partial charge in [0, 0.05) is 44.0 Å². The van der Waals surface area contributed by atoms with Gasteiger partial charge < -0.3 is 19.5 Å². The first-order valence-corrected chi connectivity index (χ1v) is 9.02. The van der Waals surface area contributed by atoms with Gasteiger partial charge in [0.1, 0.15) is 0 Å². The van der Waals surface area contributed by atoms with Crippen LogP contribution < -0.4 is 9.47 Å². The maximum Gasteiger partial charge on any atom is 0.223 e. The van der Waals surface area contributed by atoms with Crippen molar-refractivity contribution >= 4 is 5.91 Å². The zero-order valence-corrected chi connectivity index (χ0v) is 15.7. The lowest BCUT2D eigenvalue weighted by molar-refractivity contribution is -0.130. The van der Waals surface area contributed by atoms with Crippen LogP contribution in [0.3, 0.4) is 0 Å². The molecule has 1 aliphatic heterocycles. The van der Waals surface area contributed by atoms with Crippen LogP contribution in [-0.2, 0) is 17.6 Å². The summed E-state index contributed by atoms with van der Waals surface area (Å²) in [5.41, 5.74) is 1.85. The number of carbonyl (C=O) groups excluding carboxylic acids is 1. The second-order valence-corrected chi connectivity index (χ2v) is 6.72. The molecule has 0 bridgehead atoms. The van der Waals surface area contributed by atoms with Gasteiger partial charge in [-0.1, -0.05) is 6.07 Å². The smallest absolute Gasteiger partial charge is 0.223 e. The Bertz CT molecular complexity index is 769. The van der Waals surface area contributed by atoms with Crippen molar-refractivity contribution in [3.63, 3.8) is 0 Å². The van der Waals surface area contributed by atoms with Crippen LogP contribution in [0.2, 0.25) is 0 Å². The fraction of sp³-hybridized carbons (Fsp3) is 0.450. The van der Waals surface area contributed by atoms with Gasteiger partial charge >= 0.3 is 0 Å². The lowest BCUT2D eigenvalue weighted by Gasteiger charge is -2.16. The number of ether oxygens (including phenoxy) is 2. The van der Waals surface area contributed by atoms with Crippen LogP contribution in [0.4, 0.5) is 0 Å². The number of methoxy groups -OCH3 is 2. The van der Waals surface area contributed by atoms with Crippen molar-refractivity contribution in [1.29, 1.82) is 0 Å². The highest BCUT2D eigenvalue weighted by molar-refractivity contribution is 5.77. The number of carbonyl (C=O) groups is 1. The summed E-state index contributed by atoms with van der Waals surface area (Å²) in [6.45, 7) is 0.915. The first-order valence-electron chi connectivity index (χ1n) is 9.02. The Kier molecular flexibility index (Phi) is 6.24. The van der Waals surface area contributed by atoms with E-state index in [-0.39, 0.29) is 11.8 Å². The van der Waals surface area contributed by atoms with Gasteiger partial charge in [0.05, 0.1) is 26.0 Å². The molecule has 2 atom stereocenters. The monoisotopic (exact) mass is 371 g/mol. The van der Waals surface area contributed by atoms with E-state index in [1.165, 1.54) is 0 Å². The van der Waals surface area contributed by atoms with Gasteiger partial charge in [0.2, 0.25) is 5.91 Å². The van der Waals surface area contributed by atoms with Crippen LogP contribution in [0.25, 0.3) is 0 Å². The third kappa shape index (κ3) is 4.74. The second-order valence-electron chi connectivity index (χ2n) is 6.72. The molecule has 3 rings (SSSR count). The number of aromatic nitrogens is 2. The van der Waals surface area contributed by atoms with Crippen LogP contribution in [0.15, 0.2) is 36.8 Å². The predicted octanol–water partition coefficient (Wildman–Crippen LogP) is 1.49. The molecule has 2 heterocycles. The molecule has 2 aromatic rings. The second kappa shape index (κ2) is 8.81. The van der Waals surface area contributed by atoms with Crippen LogP contribution in [-0.4, -0.2) is 59.3 Å². The summed E-state index contributed by atoms with van der Waals surface area (Å²) >= 11 is 0. The van der Waals surface area contributed by atoms with Crippen LogP contribution >= 0.6 is 0 Å². The minimum atomic E-state index is -0.531. The van der Waals surface area contributed by atoms with Crippen molar-refractivity contribution in [3.8, 4) is 11.5 Å². The molecular formula is C20H25N3O4. The largest absolute Gasteiger partial charge is 0.493 e. The summed E-state index contributed by atoms with van der Waals surface area (Å²) in [5, 5.41) is 10.3. The number of β-amino-alcohol motifs (C(OH)–C–C–N with tert-alkyl or cyclic N) is 1. The molecule has 27 heavy (non-hydrogen) atoms. The van der Waals surface area contributed by atoms with E-state index in [2.05, 4.69) is 9.97 Å². The number of aliphatic hydroxyl groups excluding tert-OH is 1. The molecular weight excluding hydrogens is 346 g/mol. The highest BCUT2D eigenvalue weighted by atomic mass is 16.5. The number of benzene rings is 1. The van der Waals surface area contributed by atoms with Crippen molar-refractivity contribution in [1.82, 2.24) is 14.9 Å². The lowest BCUT2D eigenvalue weighted by atomic mass is 10.0. The first kappa shape index (κ1) is 19.1. The van der Waals surface area contributed by atoms with Crippen molar-refractivity contribution in [2.24, 2.45) is 5.92 Å². The SMILES string of the molecule is COc1ccc(CCC(=O)N2CC(O)C(Cc3cnccn3)C2)cc1OC. The van der Waals surface area contributed by atoms with Gasteiger partial charge in [-0.3, -0.25) is 14.8 Å². The highest BCUT2D eigenvalue weighted by Gasteiger charge is 2.33. The molecule has 7 heteroatoms. The van der Waals surface area contributed by atoms with E-state index in [0.29, 0.717) is 43.9 Å². The maximum absolute atomic E-state index is 12.6. The number of hydrogen-bond donors (Lipinski definition) is 1. The average Bonchev–Trinajstić information content (AvgIpc) is 3.07. The third-order valence-corrected chi connectivity index (χ3v) is 4.92. The van der Waals surface area contributed by atoms with E-state index in [1.807, 2.05) is 18.2 Å². The van der Waals surface area contributed by atoms with Crippen molar-refractivity contribution in [2.45, 2.75) is 25.4 Å². The quantitative estimate of drug-likeness (QED) is 0.794. The molecule has 0 spiro atoms.